The third-order valence-electron chi connectivity index (χ3n) is 2.86. The van der Waals surface area contributed by atoms with Gasteiger partial charge in [0, 0.05) is 0 Å². The number of nitriles is 1. The van der Waals surface area contributed by atoms with Crippen molar-refractivity contribution in [2.24, 2.45) is 0 Å². The molecule has 1 heterocycles. The monoisotopic (exact) mass is 320 g/mol. The molecular weight excluding hydrogens is 308 g/mol. The number of carbonyl (C=O) groups excluding carboxylic acids is 1. The molecule has 0 saturated carbocycles. The summed E-state index contributed by atoms with van der Waals surface area (Å²) in [4.78, 5) is 12.0. The Morgan fingerprint density at radius 1 is 1.29 bits per heavy atom. The Labute approximate surface area is 126 Å². The van der Waals surface area contributed by atoms with E-state index in [0.29, 0.717) is 10.4 Å². The molecule has 1 aromatic heterocycles. The Morgan fingerprint density at radius 3 is 2.43 bits per heavy atom. The number of sulfonamides is 1. The number of anilines is 1. The maximum atomic E-state index is 12.3. The molecule has 0 aliphatic carbocycles. The van der Waals surface area contributed by atoms with Crippen molar-refractivity contribution in [1.29, 1.82) is 5.26 Å². The van der Waals surface area contributed by atoms with Crippen LogP contribution in [0.4, 0.5) is 5.00 Å². The van der Waals surface area contributed by atoms with Gasteiger partial charge in [-0.25, -0.2) is 8.42 Å². The largest absolute Gasteiger partial charge is 0.294 e. The van der Waals surface area contributed by atoms with Crippen molar-refractivity contribution in [3.8, 4) is 6.07 Å². The Balaban J connectivity index is 2.48. The van der Waals surface area contributed by atoms with Crippen LogP contribution in [0.2, 0.25) is 0 Å². The van der Waals surface area contributed by atoms with Gasteiger partial charge >= 0.3 is 0 Å². The summed E-state index contributed by atoms with van der Waals surface area (Å²) in [5.74, 6) is -0.195. The highest BCUT2D eigenvalue weighted by Crippen LogP contribution is 2.34. The van der Waals surface area contributed by atoms with Crippen LogP contribution in [-0.2, 0) is 10.0 Å². The number of Topliss-reactive ketones (excluding diaryl/α,β-unsaturated/α-hetero) is 1. The molecule has 0 unspecified atom stereocenters. The summed E-state index contributed by atoms with van der Waals surface area (Å²) in [5, 5.41) is 9.34. The first-order valence-corrected chi connectivity index (χ1v) is 8.29. The number of nitrogens with zero attached hydrogens (tertiary/aromatic N) is 1. The first-order valence-electron chi connectivity index (χ1n) is 5.99. The predicted octanol–water partition coefficient (Wildman–Crippen LogP) is 2.93. The van der Waals surface area contributed by atoms with Crippen molar-refractivity contribution >= 4 is 32.1 Å². The summed E-state index contributed by atoms with van der Waals surface area (Å²) >= 11 is 0.978. The van der Waals surface area contributed by atoms with E-state index in [4.69, 9.17) is 0 Å². The molecule has 0 radical (unpaired) electrons. The fourth-order valence-corrected chi connectivity index (χ4v) is 4.22. The Kier molecular flexibility index (Phi) is 4.11. The molecule has 0 atom stereocenters. The number of thiophene rings is 1. The Morgan fingerprint density at radius 2 is 1.90 bits per heavy atom. The summed E-state index contributed by atoms with van der Waals surface area (Å²) in [7, 11) is -3.78. The molecular formula is C14H12N2O3S2. The van der Waals surface area contributed by atoms with E-state index >= 15 is 0 Å². The van der Waals surface area contributed by atoms with Crippen molar-refractivity contribution in [2.45, 2.75) is 18.7 Å². The maximum absolute atomic E-state index is 12.3. The van der Waals surface area contributed by atoms with Crippen LogP contribution >= 0.6 is 11.3 Å². The smallest absolute Gasteiger partial charge is 0.262 e. The minimum absolute atomic E-state index is 0.101. The van der Waals surface area contributed by atoms with Crippen molar-refractivity contribution in [1.82, 2.24) is 0 Å². The highest BCUT2D eigenvalue weighted by atomic mass is 32.2. The number of benzene rings is 1. The molecule has 2 aromatic rings. The molecule has 0 saturated heterocycles. The van der Waals surface area contributed by atoms with Crippen LogP contribution in [0.3, 0.4) is 0 Å². The average molecular weight is 320 g/mol. The van der Waals surface area contributed by atoms with Crippen LogP contribution in [0.5, 0.6) is 0 Å². The van der Waals surface area contributed by atoms with Gasteiger partial charge in [-0.15, -0.1) is 11.3 Å². The molecule has 2 rings (SSSR count). The lowest BCUT2D eigenvalue weighted by atomic mass is 10.1. The summed E-state index contributed by atoms with van der Waals surface area (Å²) in [6.45, 7) is 3.02. The van der Waals surface area contributed by atoms with E-state index in [1.54, 1.807) is 25.1 Å². The van der Waals surface area contributed by atoms with Gasteiger partial charge in [-0.1, -0.05) is 18.2 Å². The lowest BCUT2D eigenvalue weighted by molar-refractivity contribution is 0.102. The number of hydrogen-bond acceptors (Lipinski definition) is 5. The third kappa shape index (κ3) is 2.96. The molecule has 0 spiro atoms. The molecule has 1 N–H and O–H groups in total. The van der Waals surface area contributed by atoms with Crippen LogP contribution < -0.4 is 4.72 Å². The molecule has 0 aliphatic rings. The van der Waals surface area contributed by atoms with E-state index < -0.39 is 10.0 Å². The number of carbonyl (C=O) groups is 1. The van der Waals surface area contributed by atoms with E-state index in [0.717, 1.165) is 11.3 Å². The second-order valence-electron chi connectivity index (χ2n) is 4.35. The van der Waals surface area contributed by atoms with Crippen LogP contribution in [0.1, 0.15) is 27.7 Å². The molecule has 0 fully saturated rings. The number of rotatable bonds is 4. The SMILES string of the molecule is CC(=O)c1sc(NS(=O)(=O)c2ccccc2)c(C#N)c1C. The minimum Gasteiger partial charge on any atom is -0.294 e. The van der Waals surface area contributed by atoms with Gasteiger partial charge in [-0.05, 0) is 31.5 Å². The van der Waals surface area contributed by atoms with Crippen molar-refractivity contribution in [3.05, 3.63) is 46.3 Å². The summed E-state index contributed by atoms with van der Waals surface area (Å²) in [6, 6.07) is 9.80. The van der Waals surface area contributed by atoms with Crippen molar-refractivity contribution < 1.29 is 13.2 Å². The molecule has 21 heavy (non-hydrogen) atoms. The zero-order chi connectivity index (χ0) is 15.6. The van der Waals surface area contributed by atoms with E-state index in [1.165, 1.54) is 19.1 Å². The van der Waals surface area contributed by atoms with Crippen LogP contribution in [0.15, 0.2) is 35.2 Å². The zero-order valence-electron chi connectivity index (χ0n) is 11.4. The molecule has 7 heteroatoms. The van der Waals surface area contributed by atoms with Gasteiger partial charge in [0.25, 0.3) is 10.0 Å². The van der Waals surface area contributed by atoms with Crippen LogP contribution in [0, 0.1) is 18.3 Å². The van der Waals surface area contributed by atoms with Crippen molar-refractivity contribution in [3.63, 3.8) is 0 Å². The average Bonchev–Trinajstić information content (AvgIpc) is 2.75. The third-order valence-corrected chi connectivity index (χ3v) is 5.66. The highest BCUT2D eigenvalue weighted by Gasteiger charge is 2.22. The molecule has 0 bridgehead atoms. The van der Waals surface area contributed by atoms with Gasteiger partial charge in [-0.3, -0.25) is 9.52 Å². The number of hydrogen-bond donors (Lipinski definition) is 1. The summed E-state index contributed by atoms with van der Waals surface area (Å²) in [5.41, 5.74) is 0.686. The van der Waals surface area contributed by atoms with Gasteiger partial charge in [0.2, 0.25) is 0 Å². The lowest BCUT2D eigenvalue weighted by Crippen LogP contribution is -2.12. The second kappa shape index (κ2) is 5.68. The Hall–Kier alpha value is -2.17. The molecule has 108 valence electrons. The minimum atomic E-state index is -3.78. The summed E-state index contributed by atoms with van der Waals surface area (Å²) in [6.07, 6.45) is 0. The molecule has 5 nitrogen and oxygen atoms in total. The van der Waals surface area contributed by atoms with Crippen LogP contribution in [0.25, 0.3) is 0 Å². The quantitative estimate of drug-likeness (QED) is 0.877. The lowest BCUT2D eigenvalue weighted by Gasteiger charge is -2.06. The van der Waals surface area contributed by atoms with E-state index in [-0.39, 0.29) is 21.2 Å². The first-order chi connectivity index (χ1) is 9.86. The molecule has 1 aromatic carbocycles. The van der Waals surface area contributed by atoms with E-state index in [1.807, 2.05) is 6.07 Å². The number of ketones is 1. The topological polar surface area (TPSA) is 87.0 Å². The molecule has 0 amide bonds. The standard InChI is InChI=1S/C14H12N2O3S2/c1-9-12(8-15)14(20-13(9)10(2)17)16-21(18,19)11-6-4-3-5-7-11/h3-7,16H,1-2H3. The normalized spacial score (nSPS) is 10.9. The zero-order valence-corrected chi connectivity index (χ0v) is 13.0. The van der Waals surface area contributed by atoms with Crippen molar-refractivity contribution in [2.75, 3.05) is 4.72 Å². The van der Waals surface area contributed by atoms with Gasteiger partial charge < -0.3 is 0 Å². The van der Waals surface area contributed by atoms with Gasteiger partial charge in [0.1, 0.15) is 11.1 Å². The second-order valence-corrected chi connectivity index (χ2v) is 7.05. The van der Waals surface area contributed by atoms with Crippen LogP contribution in [-0.4, -0.2) is 14.2 Å². The van der Waals surface area contributed by atoms with Gasteiger partial charge in [-0.2, -0.15) is 5.26 Å². The fourth-order valence-electron chi connectivity index (χ4n) is 1.84. The Bertz CT molecular complexity index is 831. The number of nitrogens with one attached hydrogen (secondary N) is 1. The first kappa shape index (κ1) is 15.2. The highest BCUT2D eigenvalue weighted by molar-refractivity contribution is 7.93. The van der Waals surface area contributed by atoms with E-state index in [2.05, 4.69) is 4.72 Å². The summed E-state index contributed by atoms with van der Waals surface area (Å²) < 4.78 is 26.9. The van der Waals surface area contributed by atoms with E-state index in [9.17, 15) is 18.5 Å². The fraction of sp³-hybridized carbons (Fsp3) is 0.143. The maximum Gasteiger partial charge on any atom is 0.262 e. The molecule has 0 aliphatic heterocycles. The van der Waals surface area contributed by atoms with Gasteiger partial charge in [0.05, 0.1) is 15.3 Å². The van der Waals surface area contributed by atoms with Gasteiger partial charge in [0.15, 0.2) is 5.78 Å². The predicted molar refractivity (Wildman–Crippen MR) is 81.0 cm³/mol.